The molecule has 4 aromatic heterocycles. The molecule has 1 fully saturated rings. The quantitative estimate of drug-likeness (QED) is 0.515. The highest BCUT2D eigenvalue weighted by Gasteiger charge is 2.32. The highest BCUT2D eigenvalue weighted by atomic mass is 15.3. The van der Waals surface area contributed by atoms with Gasteiger partial charge in [-0.05, 0) is 31.0 Å². The number of H-pyrrole nitrogens is 1. The summed E-state index contributed by atoms with van der Waals surface area (Å²) in [5.41, 5.74) is 10.4. The average molecular weight is 413 g/mol. The largest absolute Gasteiger partial charge is 0.355 e. The molecule has 0 bridgehead atoms. The zero-order valence-electron chi connectivity index (χ0n) is 17.2. The van der Waals surface area contributed by atoms with Crippen LogP contribution < -0.4 is 10.6 Å². The van der Waals surface area contributed by atoms with Gasteiger partial charge in [0.1, 0.15) is 23.9 Å². The summed E-state index contributed by atoms with van der Waals surface area (Å²) in [4.78, 5) is 18.5. The molecule has 2 atom stereocenters. The Bertz CT molecular complexity index is 1270. The molecule has 0 aliphatic carbocycles. The number of hydrogen-bond donors (Lipinski definition) is 2. The molecule has 5 heterocycles. The molecule has 5 rings (SSSR count). The van der Waals surface area contributed by atoms with Gasteiger partial charge in [0.25, 0.3) is 0 Å². The lowest BCUT2D eigenvalue weighted by atomic mass is 9.99. The van der Waals surface area contributed by atoms with E-state index in [1.165, 1.54) is 0 Å². The van der Waals surface area contributed by atoms with Crippen molar-refractivity contribution in [1.29, 1.82) is 5.26 Å². The van der Waals surface area contributed by atoms with E-state index in [1.807, 2.05) is 48.5 Å². The van der Waals surface area contributed by atoms with Crippen LogP contribution in [0.2, 0.25) is 0 Å². The van der Waals surface area contributed by atoms with E-state index in [1.54, 1.807) is 6.33 Å². The third-order valence-corrected chi connectivity index (χ3v) is 6.00. The number of aromatic amines is 1. The van der Waals surface area contributed by atoms with Gasteiger partial charge in [-0.3, -0.25) is 4.68 Å². The number of pyridine rings is 1. The van der Waals surface area contributed by atoms with Gasteiger partial charge in [-0.25, -0.2) is 15.0 Å². The van der Waals surface area contributed by atoms with Gasteiger partial charge in [0, 0.05) is 55.1 Å². The van der Waals surface area contributed by atoms with E-state index in [9.17, 15) is 5.26 Å². The lowest BCUT2D eigenvalue weighted by Gasteiger charge is -2.24. The molecule has 0 radical (unpaired) electrons. The predicted octanol–water partition coefficient (Wildman–Crippen LogP) is 2.42. The molecule has 0 saturated carbocycles. The molecule has 0 spiro atoms. The van der Waals surface area contributed by atoms with Gasteiger partial charge in [0.15, 0.2) is 0 Å². The summed E-state index contributed by atoms with van der Waals surface area (Å²) < 4.78 is 1.96. The van der Waals surface area contributed by atoms with Crippen LogP contribution in [0.25, 0.3) is 22.3 Å². The maximum Gasteiger partial charge on any atom is 0.146 e. The van der Waals surface area contributed by atoms with E-state index in [2.05, 4.69) is 36.0 Å². The maximum absolute atomic E-state index is 9.51. The molecule has 31 heavy (non-hydrogen) atoms. The third kappa shape index (κ3) is 3.41. The first-order valence-electron chi connectivity index (χ1n) is 10.3. The second kappa shape index (κ2) is 7.81. The molecule has 0 unspecified atom stereocenters. The average Bonchev–Trinajstić information content (AvgIpc) is 3.55. The number of fused-ring (bicyclic) bond motifs is 1. The number of aryl methyl sites for hydroxylation is 1. The summed E-state index contributed by atoms with van der Waals surface area (Å²) in [5.74, 6) is 1.06. The van der Waals surface area contributed by atoms with Crippen LogP contribution in [0.3, 0.4) is 0 Å². The van der Waals surface area contributed by atoms with Gasteiger partial charge in [-0.15, -0.1) is 0 Å². The molecule has 1 aliphatic heterocycles. The first-order valence-corrected chi connectivity index (χ1v) is 10.3. The number of rotatable bonds is 5. The Hall–Kier alpha value is -3.77. The third-order valence-electron chi connectivity index (χ3n) is 6.00. The van der Waals surface area contributed by atoms with Gasteiger partial charge in [0.05, 0.1) is 23.5 Å². The zero-order chi connectivity index (χ0) is 21.4. The van der Waals surface area contributed by atoms with Crippen LogP contribution in [0.15, 0.2) is 43.2 Å². The molecule has 0 aromatic carbocycles. The van der Waals surface area contributed by atoms with Crippen LogP contribution in [0.1, 0.15) is 23.6 Å². The van der Waals surface area contributed by atoms with Crippen molar-refractivity contribution < 1.29 is 0 Å². The summed E-state index contributed by atoms with van der Waals surface area (Å²) in [5, 5.41) is 15.1. The van der Waals surface area contributed by atoms with E-state index in [0.29, 0.717) is 18.0 Å². The standard InChI is InChI=1S/C22H23N9/c1-14-6-16(7-23)22(26-9-14)30-5-3-15(11-30)19(8-24)31-12-17(10-29-31)20-18-2-4-25-21(18)28-13-27-20/h2,4,6,9-10,12-13,15,19H,3,5,8,11,24H2,1H3,(H,25,27,28)/t15-,19-/m0/s1. The van der Waals surface area contributed by atoms with Crippen LogP contribution in [0.5, 0.6) is 0 Å². The van der Waals surface area contributed by atoms with Crippen molar-refractivity contribution in [3.63, 3.8) is 0 Å². The van der Waals surface area contributed by atoms with Gasteiger partial charge in [-0.2, -0.15) is 10.4 Å². The lowest BCUT2D eigenvalue weighted by molar-refractivity contribution is 0.334. The number of nitrogens with zero attached hydrogens (tertiary/aromatic N) is 7. The second-order valence-corrected chi connectivity index (χ2v) is 7.96. The van der Waals surface area contributed by atoms with Crippen molar-refractivity contribution in [3.8, 4) is 17.3 Å². The number of aromatic nitrogens is 6. The lowest BCUT2D eigenvalue weighted by Crippen LogP contribution is -2.30. The van der Waals surface area contributed by atoms with Gasteiger partial charge in [-0.1, -0.05) is 0 Å². The number of nitrogens with one attached hydrogen (secondary N) is 1. The van der Waals surface area contributed by atoms with Gasteiger partial charge in [0.2, 0.25) is 0 Å². The minimum Gasteiger partial charge on any atom is -0.355 e. The molecule has 1 aliphatic rings. The summed E-state index contributed by atoms with van der Waals surface area (Å²) in [7, 11) is 0. The minimum atomic E-state index is 0.0540. The fourth-order valence-corrected chi connectivity index (χ4v) is 4.45. The number of anilines is 1. The van der Waals surface area contributed by atoms with Crippen molar-refractivity contribution >= 4 is 16.9 Å². The Kier molecular flexibility index (Phi) is 4.84. The van der Waals surface area contributed by atoms with Crippen molar-refractivity contribution in [1.82, 2.24) is 29.7 Å². The van der Waals surface area contributed by atoms with E-state index in [0.717, 1.165) is 53.2 Å². The highest BCUT2D eigenvalue weighted by Crippen LogP contribution is 2.32. The molecule has 4 aromatic rings. The van der Waals surface area contributed by atoms with Crippen LogP contribution >= 0.6 is 0 Å². The molecular formula is C22H23N9. The summed E-state index contributed by atoms with van der Waals surface area (Å²) in [6, 6.07) is 6.19. The van der Waals surface area contributed by atoms with Gasteiger partial charge >= 0.3 is 0 Å². The first-order chi connectivity index (χ1) is 15.2. The van der Waals surface area contributed by atoms with Crippen molar-refractivity contribution in [3.05, 3.63) is 54.4 Å². The highest BCUT2D eigenvalue weighted by molar-refractivity contribution is 5.89. The molecule has 3 N–H and O–H groups in total. The smallest absolute Gasteiger partial charge is 0.146 e. The molecule has 9 heteroatoms. The second-order valence-electron chi connectivity index (χ2n) is 7.96. The van der Waals surface area contributed by atoms with E-state index >= 15 is 0 Å². The number of nitrogens with two attached hydrogens (primary N) is 1. The minimum absolute atomic E-state index is 0.0540. The maximum atomic E-state index is 9.51. The Balaban J connectivity index is 1.39. The normalized spacial score (nSPS) is 17.2. The topological polar surface area (TPSA) is 125 Å². The predicted molar refractivity (Wildman–Crippen MR) is 117 cm³/mol. The number of hydrogen-bond acceptors (Lipinski definition) is 7. The SMILES string of the molecule is Cc1cnc(N2CC[C@H]([C@H](CN)n3cc(-c4ncnc5[nH]ccc45)cn3)C2)c(C#N)c1. The van der Waals surface area contributed by atoms with E-state index < -0.39 is 0 Å². The Labute approximate surface area is 179 Å². The van der Waals surface area contributed by atoms with E-state index in [-0.39, 0.29) is 6.04 Å². The van der Waals surface area contributed by atoms with Crippen LogP contribution in [0.4, 0.5) is 5.82 Å². The summed E-state index contributed by atoms with van der Waals surface area (Å²) in [6.45, 7) is 4.06. The van der Waals surface area contributed by atoms with Gasteiger partial charge < -0.3 is 15.6 Å². The molecule has 156 valence electrons. The van der Waals surface area contributed by atoms with Crippen molar-refractivity contribution in [2.24, 2.45) is 11.7 Å². The van der Waals surface area contributed by atoms with Crippen molar-refractivity contribution in [2.45, 2.75) is 19.4 Å². The monoisotopic (exact) mass is 413 g/mol. The van der Waals surface area contributed by atoms with E-state index in [4.69, 9.17) is 5.73 Å². The summed E-state index contributed by atoms with van der Waals surface area (Å²) >= 11 is 0. The van der Waals surface area contributed by atoms with Crippen LogP contribution in [-0.4, -0.2) is 49.4 Å². The number of nitriles is 1. The molecule has 9 nitrogen and oxygen atoms in total. The Morgan fingerprint density at radius 3 is 3.06 bits per heavy atom. The van der Waals surface area contributed by atoms with Crippen LogP contribution in [0, 0.1) is 24.2 Å². The Morgan fingerprint density at radius 2 is 2.23 bits per heavy atom. The molecule has 1 saturated heterocycles. The first kappa shape index (κ1) is 19.2. The molecular weight excluding hydrogens is 390 g/mol. The van der Waals surface area contributed by atoms with Crippen molar-refractivity contribution in [2.75, 3.05) is 24.5 Å². The van der Waals surface area contributed by atoms with Crippen LogP contribution in [-0.2, 0) is 0 Å². The Morgan fingerprint density at radius 1 is 1.32 bits per heavy atom. The fourth-order valence-electron chi connectivity index (χ4n) is 4.45. The molecule has 0 amide bonds. The fraction of sp³-hybridized carbons (Fsp3) is 0.318. The zero-order valence-corrected chi connectivity index (χ0v) is 17.2. The summed E-state index contributed by atoms with van der Waals surface area (Å²) in [6.07, 6.45) is 10.0.